The SMILES string of the molecule is Cc1ccc(S(=O)(=O)OC(C)[C@H](CCC(=O)O)NC(=O)OC(C)(C)C)cc1. The van der Waals surface area contributed by atoms with Crippen LogP contribution >= 0.6 is 0 Å². The van der Waals surface area contributed by atoms with Crippen molar-refractivity contribution in [3.63, 3.8) is 0 Å². The molecule has 9 heteroatoms. The van der Waals surface area contributed by atoms with Crippen LogP contribution in [0, 0.1) is 6.92 Å². The van der Waals surface area contributed by atoms with Gasteiger partial charge >= 0.3 is 12.1 Å². The molecule has 0 fully saturated rings. The van der Waals surface area contributed by atoms with Gasteiger partial charge in [0.25, 0.3) is 10.1 Å². The molecule has 0 aromatic heterocycles. The summed E-state index contributed by atoms with van der Waals surface area (Å²) in [5.74, 6) is -1.07. The van der Waals surface area contributed by atoms with Crippen molar-refractivity contribution in [2.75, 3.05) is 0 Å². The van der Waals surface area contributed by atoms with E-state index in [1.54, 1.807) is 32.9 Å². The number of hydrogen-bond acceptors (Lipinski definition) is 6. The molecule has 27 heavy (non-hydrogen) atoms. The Kier molecular flexibility index (Phi) is 7.79. The Balaban J connectivity index is 2.91. The zero-order valence-corrected chi connectivity index (χ0v) is 17.0. The second-order valence-corrected chi connectivity index (χ2v) is 8.83. The lowest BCUT2D eigenvalue weighted by atomic mass is 10.1. The van der Waals surface area contributed by atoms with Crippen LogP contribution in [-0.4, -0.2) is 43.3 Å². The van der Waals surface area contributed by atoms with Crippen LogP contribution in [-0.2, 0) is 23.8 Å². The van der Waals surface area contributed by atoms with E-state index in [9.17, 15) is 18.0 Å². The number of aryl methyl sites for hydroxylation is 1. The Morgan fingerprint density at radius 2 is 1.74 bits per heavy atom. The minimum absolute atomic E-state index is 0.0147. The largest absolute Gasteiger partial charge is 0.481 e. The van der Waals surface area contributed by atoms with Gasteiger partial charge in [-0.15, -0.1) is 0 Å². The number of nitrogens with one attached hydrogen (secondary N) is 1. The van der Waals surface area contributed by atoms with Crippen molar-refractivity contribution in [3.05, 3.63) is 29.8 Å². The van der Waals surface area contributed by atoms with Crippen LogP contribution < -0.4 is 5.32 Å². The van der Waals surface area contributed by atoms with Crippen LogP contribution in [0.15, 0.2) is 29.2 Å². The van der Waals surface area contributed by atoms with Crippen LogP contribution in [0.5, 0.6) is 0 Å². The quantitative estimate of drug-likeness (QED) is 0.643. The van der Waals surface area contributed by atoms with Crippen LogP contribution in [0.1, 0.15) is 46.1 Å². The number of carboxylic acids is 1. The number of amides is 1. The lowest BCUT2D eigenvalue weighted by Gasteiger charge is -2.27. The number of rotatable bonds is 8. The van der Waals surface area contributed by atoms with Crippen molar-refractivity contribution < 1.29 is 32.0 Å². The van der Waals surface area contributed by atoms with Crippen molar-refractivity contribution in [3.8, 4) is 0 Å². The molecule has 0 radical (unpaired) electrons. The van der Waals surface area contributed by atoms with Gasteiger partial charge in [-0.05, 0) is 53.2 Å². The first-order chi connectivity index (χ1) is 12.3. The van der Waals surface area contributed by atoms with Crippen molar-refractivity contribution in [1.29, 1.82) is 0 Å². The molecule has 1 aromatic carbocycles. The maximum absolute atomic E-state index is 12.4. The molecule has 0 saturated heterocycles. The number of aliphatic carboxylic acids is 1. The molecule has 0 bridgehead atoms. The van der Waals surface area contributed by atoms with E-state index < -0.39 is 39.9 Å². The molecule has 1 amide bonds. The van der Waals surface area contributed by atoms with Crippen LogP contribution in [0.3, 0.4) is 0 Å². The Morgan fingerprint density at radius 1 is 1.19 bits per heavy atom. The minimum Gasteiger partial charge on any atom is -0.481 e. The first-order valence-corrected chi connectivity index (χ1v) is 9.92. The normalized spacial score (nSPS) is 14.3. The number of alkyl carbamates (subject to hydrolysis) is 1. The van der Waals surface area contributed by atoms with Crippen LogP contribution in [0.25, 0.3) is 0 Å². The van der Waals surface area contributed by atoms with E-state index >= 15 is 0 Å². The number of hydrogen-bond donors (Lipinski definition) is 2. The van der Waals surface area contributed by atoms with Crippen molar-refractivity contribution in [2.24, 2.45) is 0 Å². The number of benzene rings is 1. The third-order valence-electron chi connectivity index (χ3n) is 3.53. The molecular formula is C18H27NO7S. The van der Waals surface area contributed by atoms with E-state index in [2.05, 4.69) is 5.32 Å². The summed E-state index contributed by atoms with van der Waals surface area (Å²) < 4.78 is 35.2. The summed E-state index contributed by atoms with van der Waals surface area (Å²) in [5, 5.41) is 11.4. The molecule has 1 aromatic rings. The smallest absolute Gasteiger partial charge is 0.407 e. The highest BCUT2D eigenvalue weighted by atomic mass is 32.2. The predicted molar refractivity (Wildman–Crippen MR) is 98.9 cm³/mol. The summed E-state index contributed by atoms with van der Waals surface area (Å²) in [6.45, 7) is 8.32. The average Bonchev–Trinajstić information content (AvgIpc) is 2.49. The predicted octanol–water partition coefficient (Wildman–Crippen LogP) is 2.85. The number of carbonyl (C=O) groups is 2. The van der Waals surface area contributed by atoms with Crippen molar-refractivity contribution in [1.82, 2.24) is 5.32 Å². The Labute approximate surface area is 160 Å². The van der Waals surface area contributed by atoms with Crippen LogP contribution in [0.2, 0.25) is 0 Å². The van der Waals surface area contributed by atoms with E-state index in [1.165, 1.54) is 19.1 Å². The first kappa shape index (κ1) is 22.9. The molecule has 2 atom stereocenters. The number of carbonyl (C=O) groups excluding carboxylic acids is 1. The maximum Gasteiger partial charge on any atom is 0.407 e. The second kappa shape index (κ2) is 9.18. The fourth-order valence-corrected chi connectivity index (χ4v) is 3.30. The van der Waals surface area contributed by atoms with E-state index in [-0.39, 0.29) is 17.7 Å². The second-order valence-electron chi connectivity index (χ2n) is 7.25. The van der Waals surface area contributed by atoms with E-state index in [4.69, 9.17) is 14.0 Å². The summed E-state index contributed by atoms with van der Waals surface area (Å²) in [5.41, 5.74) is 0.146. The van der Waals surface area contributed by atoms with Gasteiger partial charge < -0.3 is 15.2 Å². The molecule has 0 heterocycles. The monoisotopic (exact) mass is 401 g/mol. The highest BCUT2D eigenvalue weighted by Gasteiger charge is 2.28. The molecule has 2 N–H and O–H groups in total. The van der Waals surface area contributed by atoms with E-state index in [1.807, 2.05) is 6.92 Å². The molecule has 0 aliphatic carbocycles. The summed E-state index contributed by atoms with van der Waals surface area (Å²) in [7, 11) is -4.07. The summed E-state index contributed by atoms with van der Waals surface area (Å²) in [6, 6.07) is 5.26. The zero-order valence-electron chi connectivity index (χ0n) is 16.2. The van der Waals surface area contributed by atoms with Gasteiger partial charge in [0.2, 0.25) is 0 Å². The standard InChI is InChI=1S/C18H27NO7S/c1-12-6-8-14(9-7-12)27(23,24)26-13(2)15(10-11-16(20)21)19-17(22)25-18(3,4)5/h6-9,13,15H,10-11H2,1-5H3,(H,19,22)(H,20,21)/t13?,15-/m0/s1. The van der Waals surface area contributed by atoms with Gasteiger partial charge in [-0.25, -0.2) is 4.79 Å². The summed E-state index contributed by atoms with van der Waals surface area (Å²) >= 11 is 0. The molecule has 8 nitrogen and oxygen atoms in total. The third-order valence-corrected chi connectivity index (χ3v) is 4.93. The lowest BCUT2D eigenvalue weighted by Crippen LogP contribution is -2.46. The highest BCUT2D eigenvalue weighted by Crippen LogP contribution is 2.18. The lowest BCUT2D eigenvalue weighted by molar-refractivity contribution is -0.137. The zero-order chi connectivity index (χ0) is 20.8. The summed E-state index contributed by atoms with van der Waals surface area (Å²) in [6.07, 6.45) is -2.05. The number of carboxylic acid groups (broad SMARTS) is 1. The molecule has 1 unspecified atom stereocenters. The van der Waals surface area contributed by atoms with Crippen LogP contribution in [0.4, 0.5) is 4.79 Å². The molecule has 152 valence electrons. The van der Waals surface area contributed by atoms with Crippen molar-refractivity contribution in [2.45, 2.75) is 70.1 Å². The van der Waals surface area contributed by atoms with Gasteiger partial charge in [-0.3, -0.25) is 8.98 Å². The van der Waals surface area contributed by atoms with Gasteiger partial charge in [-0.1, -0.05) is 17.7 Å². The topological polar surface area (TPSA) is 119 Å². The molecular weight excluding hydrogens is 374 g/mol. The fourth-order valence-electron chi connectivity index (χ4n) is 2.19. The van der Waals surface area contributed by atoms with E-state index in [0.717, 1.165) is 5.56 Å². The third kappa shape index (κ3) is 8.40. The summed E-state index contributed by atoms with van der Waals surface area (Å²) in [4.78, 5) is 22.9. The average molecular weight is 401 g/mol. The fraction of sp³-hybridized carbons (Fsp3) is 0.556. The molecule has 0 spiro atoms. The molecule has 0 aliphatic heterocycles. The van der Waals surface area contributed by atoms with E-state index in [0.29, 0.717) is 0 Å². The number of ether oxygens (including phenoxy) is 1. The Hall–Kier alpha value is -2.13. The van der Waals surface area contributed by atoms with Gasteiger partial charge in [-0.2, -0.15) is 8.42 Å². The molecule has 0 saturated carbocycles. The minimum atomic E-state index is -4.07. The maximum atomic E-state index is 12.4. The highest BCUT2D eigenvalue weighted by molar-refractivity contribution is 7.86. The van der Waals surface area contributed by atoms with Gasteiger partial charge in [0, 0.05) is 6.42 Å². The van der Waals surface area contributed by atoms with Gasteiger partial charge in [0.15, 0.2) is 0 Å². The Bertz CT molecular complexity index is 751. The first-order valence-electron chi connectivity index (χ1n) is 8.51. The van der Waals surface area contributed by atoms with Gasteiger partial charge in [0.1, 0.15) is 5.60 Å². The van der Waals surface area contributed by atoms with Gasteiger partial charge in [0.05, 0.1) is 17.0 Å². The molecule has 0 aliphatic rings. The molecule has 1 rings (SSSR count). The van der Waals surface area contributed by atoms with Crippen molar-refractivity contribution >= 4 is 22.2 Å². The Morgan fingerprint density at radius 3 is 2.22 bits per heavy atom.